The van der Waals surface area contributed by atoms with Crippen LogP contribution in [0.3, 0.4) is 0 Å². The third kappa shape index (κ3) is 7.70. The van der Waals surface area contributed by atoms with Gasteiger partial charge in [0, 0.05) is 44.9 Å². The van der Waals surface area contributed by atoms with Crippen molar-refractivity contribution in [3.05, 3.63) is 304 Å². The minimum Gasteiger partial charge on any atom is -0.314 e. The highest BCUT2D eigenvalue weighted by Crippen LogP contribution is 2.66. The molecule has 0 amide bonds. The number of rotatable bonds is 9. The number of hydrogen-bond donors (Lipinski definition) is 0. The van der Waals surface area contributed by atoms with Crippen LogP contribution in [0.15, 0.2) is 265 Å². The molecule has 1 spiro atoms. The van der Waals surface area contributed by atoms with Crippen LogP contribution in [-0.4, -0.2) is 0 Å². The quantitative estimate of drug-likeness (QED) is 0.133. The first-order valence-corrected chi connectivity index (χ1v) is 30.6. The van der Waals surface area contributed by atoms with E-state index in [4.69, 9.17) is 0 Å². The molecule has 0 aliphatic heterocycles. The summed E-state index contributed by atoms with van der Waals surface area (Å²) in [6, 6.07) is 82.4. The third-order valence-corrected chi connectivity index (χ3v) is 20.5. The molecule has 2 nitrogen and oxygen atoms in total. The van der Waals surface area contributed by atoms with Gasteiger partial charge < -0.3 is 9.80 Å². The minimum atomic E-state index is -0.676. The van der Waals surface area contributed by atoms with E-state index < -0.39 is 5.41 Å². The fraction of sp³-hybridized carbons (Fsp3) is 0.210. The molecule has 6 unspecified atom stereocenters. The number of nitrogens with zero attached hydrogens (tertiary/aromatic N) is 2. The first-order valence-electron chi connectivity index (χ1n) is 30.6. The van der Waals surface area contributed by atoms with Crippen LogP contribution < -0.4 is 9.80 Å². The molecule has 6 atom stereocenters. The van der Waals surface area contributed by atoms with E-state index in [0.29, 0.717) is 17.8 Å². The number of benzene rings is 9. The maximum Gasteiger partial charge on any atom is 0.0727 e. The summed E-state index contributed by atoms with van der Waals surface area (Å²) in [5, 5.41) is 0. The smallest absolute Gasteiger partial charge is 0.0727 e. The molecule has 2 bridgehead atoms. The maximum atomic E-state index is 3.85. The second-order valence-corrected chi connectivity index (χ2v) is 25.6. The molecule has 9 aromatic rings. The van der Waals surface area contributed by atoms with E-state index in [2.05, 4.69) is 286 Å². The number of para-hydroxylation sites is 3. The van der Waals surface area contributed by atoms with Gasteiger partial charge >= 0.3 is 0 Å². The molecule has 0 radical (unpaired) electrons. The van der Waals surface area contributed by atoms with Crippen molar-refractivity contribution in [1.29, 1.82) is 0 Å². The van der Waals surface area contributed by atoms with Gasteiger partial charge in [-0.2, -0.15) is 0 Å². The first kappa shape index (κ1) is 49.9. The van der Waals surface area contributed by atoms with Crippen LogP contribution in [0.4, 0.5) is 28.4 Å². The Morgan fingerprint density at radius 2 is 0.976 bits per heavy atom. The van der Waals surface area contributed by atoms with Crippen molar-refractivity contribution in [2.45, 2.75) is 77.0 Å². The van der Waals surface area contributed by atoms with E-state index >= 15 is 0 Å². The summed E-state index contributed by atoms with van der Waals surface area (Å²) in [4.78, 5) is 5.13. The Bertz CT molecular complexity index is 4270. The van der Waals surface area contributed by atoms with E-state index in [1.165, 1.54) is 121 Å². The molecule has 9 aromatic carbocycles. The number of fused-ring (bicyclic) bond motifs is 14. The Hall–Kier alpha value is -8.90. The predicted molar refractivity (Wildman–Crippen MR) is 345 cm³/mol. The summed E-state index contributed by atoms with van der Waals surface area (Å²) in [6.45, 7) is 9.90. The molecule has 2 saturated carbocycles. The van der Waals surface area contributed by atoms with Gasteiger partial charge in [0.2, 0.25) is 0 Å². The lowest BCUT2D eigenvalue weighted by atomic mass is 9.58. The maximum absolute atomic E-state index is 3.85. The van der Waals surface area contributed by atoms with Crippen LogP contribution in [0.1, 0.15) is 105 Å². The van der Waals surface area contributed by atoms with Crippen molar-refractivity contribution in [3.63, 3.8) is 0 Å². The lowest BCUT2D eigenvalue weighted by molar-refractivity contribution is 0.0670. The fourth-order valence-electron chi connectivity index (χ4n) is 17.3. The summed E-state index contributed by atoms with van der Waals surface area (Å²) in [6.07, 6.45) is 14.7. The Labute approximate surface area is 490 Å². The van der Waals surface area contributed by atoms with E-state index in [1.807, 2.05) is 0 Å². The van der Waals surface area contributed by atoms with Crippen LogP contribution in [0, 0.1) is 29.6 Å². The topological polar surface area (TPSA) is 6.48 Å². The van der Waals surface area contributed by atoms with Crippen molar-refractivity contribution in [2.75, 3.05) is 9.80 Å². The first-order chi connectivity index (χ1) is 40.7. The highest BCUT2D eigenvalue weighted by atomic mass is 15.2. The summed E-state index contributed by atoms with van der Waals surface area (Å²) in [5.41, 5.74) is 36.0. The van der Waals surface area contributed by atoms with E-state index in [1.54, 1.807) is 5.57 Å². The lowest BCUT2D eigenvalue weighted by Gasteiger charge is -2.47. The second-order valence-electron chi connectivity index (χ2n) is 25.6. The minimum absolute atomic E-state index is 0.0425. The Morgan fingerprint density at radius 3 is 1.60 bits per heavy atom. The van der Waals surface area contributed by atoms with Crippen molar-refractivity contribution in [2.24, 2.45) is 29.6 Å². The van der Waals surface area contributed by atoms with E-state index in [0.717, 1.165) is 53.0 Å². The van der Waals surface area contributed by atoms with Gasteiger partial charge in [0.25, 0.3) is 0 Å². The van der Waals surface area contributed by atoms with Crippen LogP contribution in [0.2, 0.25) is 0 Å². The summed E-state index contributed by atoms with van der Waals surface area (Å²) < 4.78 is 0. The molecule has 7 aliphatic carbocycles. The van der Waals surface area contributed by atoms with Gasteiger partial charge in [0.15, 0.2) is 0 Å². The highest BCUT2D eigenvalue weighted by Gasteiger charge is 2.53. The van der Waals surface area contributed by atoms with Gasteiger partial charge in [-0.05, 0) is 219 Å². The lowest BCUT2D eigenvalue weighted by Crippen LogP contribution is -2.37. The molecule has 2 heteroatoms. The molecule has 16 rings (SSSR count). The third-order valence-electron chi connectivity index (χ3n) is 20.5. The second kappa shape index (κ2) is 19.4. The van der Waals surface area contributed by atoms with Crippen molar-refractivity contribution < 1.29 is 0 Å². The SMILES string of the molecule is CC1CC2CC(C)C(C3=CC(c4cc5c(cc4N(C4=CC6=C(CC4)C(C)(C)c4ccccc46)c4ccccc4)C4(c6ccccc6-5)c5ccccc5-c5cc(-c6ccccc6)c(N(c6ccccc6)c6ccccc6)cc54)=C=C=C3)C(C1)C2. The summed E-state index contributed by atoms with van der Waals surface area (Å²) >= 11 is 0. The largest absolute Gasteiger partial charge is 0.314 e. The van der Waals surface area contributed by atoms with Gasteiger partial charge in [-0.3, -0.25) is 0 Å². The van der Waals surface area contributed by atoms with Crippen LogP contribution in [0.25, 0.3) is 44.5 Å². The zero-order valence-electron chi connectivity index (χ0n) is 48.0. The summed E-state index contributed by atoms with van der Waals surface area (Å²) in [7, 11) is 0. The van der Waals surface area contributed by atoms with Gasteiger partial charge in [-0.25, -0.2) is 0 Å². The number of hydrogen-bond acceptors (Lipinski definition) is 2. The van der Waals surface area contributed by atoms with Gasteiger partial charge in [0.05, 0.1) is 16.8 Å². The van der Waals surface area contributed by atoms with Crippen molar-refractivity contribution in [3.8, 4) is 33.4 Å². The van der Waals surface area contributed by atoms with Crippen LogP contribution >= 0.6 is 0 Å². The van der Waals surface area contributed by atoms with Crippen molar-refractivity contribution in [1.82, 2.24) is 0 Å². The molecule has 83 heavy (non-hydrogen) atoms. The van der Waals surface area contributed by atoms with Crippen molar-refractivity contribution >= 4 is 39.6 Å². The number of allylic oxidation sites excluding steroid dienone is 8. The molecule has 0 N–H and O–H groups in total. The van der Waals surface area contributed by atoms with Gasteiger partial charge in [-0.15, -0.1) is 0 Å². The van der Waals surface area contributed by atoms with Gasteiger partial charge in [0.1, 0.15) is 0 Å². The van der Waals surface area contributed by atoms with E-state index in [9.17, 15) is 0 Å². The molecule has 0 aromatic heterocycles. The zero-order chi connectivity index (χ0) is 55.6. The molecule has 7 aliphatic rings. The number of anilines is 5. The van der Waals surface area contributed by atoms with E-state index in [-0.39, 0.29) is 5.41 Å². The molecule has 0 heterocycles. The molecule has 0 saturated heterocycles. The van der Waals surface area contributed by atoms with Crippen LogP contribution in [0.5, 0.6) is 0 Å². The Morgan fingerprint density at radius 1 is 0.446 bits per heavy atom. The van der Waals surface area contributed by atoms with Gasteiger partial charge in [-0.1, -0.05) is 202 Å². The average Bonchev–Trinajstić information content (AvgIpc) is 2.19. The summed E-state index contributed by atoms with van der Waals surface area (Å²) in [5.74, 6) is 3.41. The Kier molecular flexibility index (Phi) is 11.6. The highest BCUT2D eigenvalue weighted by molar-refractivity contribution is 6.03. The van der Waals surface area contributed by atoms with Crippen LogP contribution in [-0.2, 0) is 10.8 Å². The zero-order valence-corrected chi connectivity index (χ0v) is 48.0. The Balaban J connectivity index is 0.991. The fourth-order valence-corrected chi connectivity index (χ4v) is 17.3. The molecular formula is C81H68N2. The molecule has 402 valence electrons. The molecular weight excluding hydrogens is 1000 g/mol. The standard InChI is InChI=1S/C81H68N2/c1-52-42-54-44-53(2)79(58(43-52)45-54)57-27-23-26-56(46-57)67-49-70-65-36-19-22-39-74(65)81(76(70)51-78(67)83(61-32-15-8-16-33-61)62-40-41-72-68(47-62)63-34-17-20-37-71(63)80(72,3)4)73-38-21-18-35-64(73)69-48-66(55-24-9-5-10-25-55)77(50-75(69)81)82(59-28-11-6-12-29-59)60-30-13-7-14-31-60/h5-22,24-25,27-39,46-54,58,79H,40-45H2,1-4H3. The monoisotopic (exact) mass is 1070 g/mol. The average molecular weight is 1070 g/mol. The normalized spacial score (nSPS) is 22.6. The predicted octanol–water partition coefficient (Wildman–Crippen LogP) is 21.1. The molecule has 2 fully saturated rings.